The molecule has 1 heterocycles. The van der Waals surface area contributed by atoms with Gasteiger partial charge in [-0.25, -0.2) is 4.98 Å². The molecule has 2 aromatic rings. The molecule has 0 fully saturated rings. The highest BCUT2D eigenvalue weighted by atomic mass is 35.5. The van der Waals surface area contributed by atoms with Crippen molar-refractivity contribution in [2.45, 2.75) is 10.6 Å². The van der Waals surface area contributed by atoms with Crippen LogP contribution in [-0.4, -0.2) is 9.55 Å². The number of imidazole rings is 1. The molecule has 2 rings (SSSR count). The van der Waals surface area contributed by atoms with Gasteiger partial charge < -0.3 is 10.3 Å². The molecule has 0 aliphatic rings. The normalized spacial score (nSPS) is 10.6. The van der Waals surface area contributed by atoms with Crippen molar-refractivity contribution < 1.29 is 0 Å². The second-order valence-corrected chi connectivity index (χ2v) is 4.84. The maximum atomic E-state index is 6.09. The lowest BCUT2D eigenvalue weighted by Crippen LogP contribution is -1.94. The molecule has 0 radical (unpaired) electrons. The lowest BCUT2D eigenvalue weighted by Gasteiger charge is -2.07. The van der Waals surface area contributed by atoms with Crippen LogP contribution >= 0.6 is 23.4 Å². The molecule has 1 aromatic carbocycles. The quantitative estimate of drug-likeness (QED) is 0.676. The zero-order chi connectivity index (χ0) is 11.5. The lowest BCUT2D eigenvalue weighted by atomic mass is 10.3. The van der Waals surface area contributed by atoms with Crippen molar-refractivity contribution in [1.82, 2.24) is 9.55 Å². The van der Waals surface area contributed by atoms with Crippen LogP contribution in [0.25, 0.3) is 0 Å². The standard InChI is InChI=1S/C11H12ClN3S/c1-15-7-14-5-8(15)6-16-11-9(12)3-2-4-10(11)13/h2-5,7H,6,13H2,1H3. The molecule has 16 heavy (non-hydrogen) atoms. The highest BCUT2D eigenvalue weighted by Crippen LogP contribution is 2.34. The van der Waals surface area contributed by atoms with E-state index >= 15 is 0 Å². The molecule has 1 aromatic heterocycles. The summed E-state index contributed by atoms with van der Waals surface area (Å²) in [5, 5.41) is 0.701. The summed E-state index contributed by atoms with van der Waals surface area (Å²) in [4.78, 5) is 5.00. The fourth-order valence-corrected chi connectivity index (χ4v) is 2.70. The number of anilines is 1. The van der Waals surface area contributed by atoms with Gasteiger partial charge in [0.05, 0.1) is 11.3 Å². The number of aryl methyl sites for hydroxylation is 1. The predicted molar refractivity (Wildman–Crippen MR) is 68.6 cm³/mol. The van der Waals surface area contributed by atoms with Crippen molar-refractivity contribution in [3.05, 3.63) is 41.4 Å². The number of benzene rings is 1. The molecular weight excluding hydrogens is 242 g/mol. The zero-order valence-corrected chi connectivity index (χ0v) is 10.4. The van der Waals surface area contributed by atoms with Crippen molar-refractivity contribution in [2.24, 2.45) is 7.05 Å². The highest BCUT2D eigenvalue weighted by Gasteiger charge is 2.06. The van der Waals surface area contributed by atoms with Crippen molar-refractivity contribution in [3.8, 4) is 0 Å². The second kappa shape index (κ2) is 4.80. The first-order valence-electron chi connectivity index (χ1n) is 4.80. The molecule has 0 bridgehead atoms. The van der Waals surface area contributed by atoms with Crippen LogP contribution in [0.5, 0.6) is 0 Å². The molecule has 0 unspecified atom stereocenters. The topological polar surface area (TPSA) is 43.8 Å². The summed E-state index contributed by atoms with van der Waals surface area (Å²) in [7, 11) is 1.97. The second-order valence-electron chi connectivity index (χ2n) is 3.44. The molecule has 0 amide bonds. The summed E-state index contributed by atoms with van der Waals surface area (Å²) in [5.41, 5.74) is 7.74. The van der Waals surface area contributed by atoms with Gasteiger partial charge in [-0.15, -0.1) is 11.8 Å². The number of thioether (sulfide) groups is 1. The number of nitrogens with zero attached hydrogens (tertiary/aromatic N) is 2. The van der Waals surface area contributed by atoms with Gasteiger partial charge in [0.2, 0.25) is 0 Å². The molecule has 0 saturated heterocycles. The fraction of sp³-hybridized carbons (Fsp3) is 0.182. The Kier molecular flexibility index (Phi) is 3.41. The van der Waals surface area contributed by atoms with Gasteiger partial charge in [-0.3, -0.25) is 0 Å². The fourth-order valence-electron chi connectivity index (χ4n) is 1.35. The van der Waals surface area contributed by atoms with E-state index in [2.05, 4.69) is 4.98 Å². The van der Waals surface area contributed by atoms with E-state index in [0.29, 0.717) is 5.02 Å². The van der Waals surface area contributed by atoms with Gasteiger partial charge in [-0.2, -0.15) is 0 Å². The Morgan fingerprint density at radius 3 is 2.94 bits per heavy atom. The Labute approximate surface area is 104 Å². The smallest absolute Gasteiger partial charge is 0.0945 e. The number of nitrogen functional groups attached to an aromatic ring is 1. The van der Waals surface area contributed by atoms with E-state index in [1.54, 1.807) is 18.1 Å². The minimum absolute atomic E-state index is 0.701. The summed E-state index contributed by atoms with van der Waals surface area (Å²) >= 11 is 7.71. The van der Waals surface area contributed by atoms with Crippen LogP contribution in [0.3, 0.4) is 0 Å². The SMILES string of the molecule is Cn1cncc1CSc1c(N)cccc1Cl. The van der Waals surface area contributed by atoms with Crippen molar-refractivity contribution in [3.63, 3.8) is 0 Å². The molecule has 3 nitrogen and oxygen atoms in total. The van der Waals surface area contributed by atoms with Gasteiger partial charge in [0.1, 0.15) is 0 Å². The number of halogens is 1. The van der Waals surface area contributed by atoms with E-state index in [9.17, 15) is 0 Å². The van der Waals surface area contributed by atoms with E-state index in [1.165, 1.54) is 0 Å². The van der Waals surface area contributed by atoms with Gasteiger partial charge in [0, 0.05) is 35.3 Å². The zero-order valence-electron chi connectivity index (χ0n) is 8.85. The maximum absolute atomic E-state index is 6.09. The van der Waals surface area contributed by atoms with Gasteiger partial charge >= 0.3 is 0 Å². The van der Waals surface area contributed by atoms with Gasteiger partial charge in [0.25, 0.3) is 0 Å². The first kappa shape index (κ1) is 11.4. The molecule has 0 atom stereocenters. The summed E-state index contributed by atoms with van der Waals surface area (Å²) in [5.74, 6) is 0.810. The summed E-state index contributed by atoms with van der Waals surface area (Å²) in [6.45, 7) is 0. The molecular formula is C11H12ClN3S. The Morgan fingerprint density at radius 2 is 2.31 bits per heavy atom. The molecule has 0 aliphatic heterocycles. The van der Waals surface area contributed by atoms with Crippen LogP contribution in [0.1, 0.15) is 5.69 Å². The van der Waals surface area contributed by atoms with E-state index in [1.807, 2.05) is 36.0 Å². The van der Waals surface area contributed by atoms with Crippen LogP contribution in [0, 0.1) is 0 Å². The minimum Gasteiger partial charge on any atom is -0.398 e. The molecule has 2 N–H and O–H groups in total. The number of hydrogen-bond donors (Lipinski definition) is 1. The summed E-state index contributed by atoms with van der Waals surface area (Å²) < 4.78 is 1.99. The van der Waals surface area contributed by atoms with Crippen LogP contribution in [0.15, 0.2) is 35.6 Å². The van der Waals surface area contributed by atoms with E-state index in [-0.39, 0.29) is 0 Å². The minimum atomic E-state index is 0.701. The Balaban J connectivity index is 2.14. The average molecular weight is 254 g/mol. The maximum Gasteiger partial charge on any atom is 0.0945 e. The van der Waals surface area contributed by atoms with Crippen molar-refractivity contribution >= 4 is 29.1 Å². The Bertz CT molecular complexity index is 475. The summed E-state index contributed by atoms with van der Waals surface area (Å²) in [6.07, 6.45) is 3.63. The van der Waals surface area contributed by atoms with Gasteiger partial charge in [0.15, 0.2) is 0 Å². The third-order valence-electron chi connectivity index (χ3n) is 2.28. The Morgan fingerprint density at radius 1 is 1.50 bits per heavy atom. The molecule has 0 saturated carbocycles. The average Bonchev–Trinajstić information content (AvgIpc) is 2.64. The van der Waals surface area contributed by atoms with E-state index in [0.717, 1.165) is 22.0 Å². The van der Waals surface area contributed by atoms with Gasteiger partial charge in [-0.05, 0) is 12.1 Å². The summed E-state index contributed by atoms with van der Waals surface area (Å²) in [6, 6.07) is 5.56. The number of hydrogen-bond acceptors (Lipinski definition) is 3. The Hall–Kier alpha value is -1.13. The predicted octanol–water partition coefficient (Wildman–Crippen LogP) is 2.95. The molecule has 5 heteroatoms. The first-order valence-corrected chi connectivity index (χ1v) is 6.17. The molecule has 0 aliphatic carbocycles. The lowest BCUT2D eigenvalue weighted by molar-refractivity contribution is 0.867. The van der Waals surface area contributed by atoms with Crippen LogP contribution in [-0.2, 0) is 12.8 Å². The monoisotopic (exact) mass is 253 g/mol. The van der Waals surface area contributed by atoms with Crippen LogP contribution in [0.4, 0.5) is 5.69 Å². The molecule has 84 valence electrons. The third-order valence-corrected chi connectivity index (χ3v) is 3.89. The van der Waals surface area contributed by atoms with Crippen LogP contribution < -0.4 is 5.73 Å². The number of aromatic nitrogens is 2. The van der Waals surface area contributed by atoms with E-state index in [4.69, 9.17) is 17.3 Å². The molecule has 0 spiro atoms. The van der Waals surface area contributed by atoms with E-state index < -0.39 is 0 Å². The first-order chi connectivity index (χ1) is 7.68. The number of rotatable bonds is 3. The largest absolute Gasteiger partial charge is 0.398 e. The van der Waals surface area contributed by atoms with Crippen LogP contribution in [0.2, 0.25) is 5.02 Å². The highest BCUT2D eigenvalue weighted by molar-refractivity contribution is 7.98. The van der Waals surface area contributed by atoms with Crippen molar-refractivity contribution in [1.29, 1.82) is 0 Å². The number of nitrogens with two attached hydrogens (primary N) is 1. The van der Waals surface area contributed by atoms with Gasteiger partial charge in [-0.1, -0.05) is 17.7 Å². The third kappa shape index (κ3) is 2.33. The van der Waals surface area contributed by atoms with Crippen molar-refractivity contribution in [2.75, 3.05) is 5.73 Å².